The van der Waals surface area contributed by atoms with Gasteiger partial charge in [-0.3, -0.25) is 9.59 Å². The number of benzene rings is 1. The Morgan fingerprint density at radius 2 is 2.04 bits per heavy atom. The molecule has 1 aromatic heterocycles. The van der Waals surface area contributed by atoms with Gasteiger partial charge in [0.05, 0.1) is 12.2 Å². The van der Waals surface area contributed by atoms with E-state index in [1.165, 1.54) is 18.3 Å². The summed E-state index contributed by atoms with van der Waals surface area (Å²) in [7, 11) is 0. The number of amides is 2. The summed E-state index contributed by atoms with van der Waals surface area (Å²) >= 11 is 0. The Labute approximate surface area is 164 Å². The van der Waals surface area contributed by atoms with Crippen molar-refractivity contribution in [2.75, 3.05) is 13.1 Å². The van der Waals surface area contributed by atoms with Crippen molar-refractivity contribution in [2.24, 2.45) is 5.92 Å². The molecule has 0 bridgehead atoms. The zero-order valence-corrected chi connectivity index (χ0v) is 16.5. The van der Waals surface area contributed by atoms with E-state index in [4.69, 9.17) is 4.52 Å². The Kier molecular flexibility index (Phi) is 6.11. The Morgan fingerprint density at radius 3 is 2.68 bits per heavy atom. The van der Waals surface area contributed by atoms with Gasteiger partial charge in [0, 0.05) is 32.5 Å². The maximum Gasteiger partial charge on any atom is 0.259 e. The minimum Gasteiger partial charge on any atom is -0.361 e. The van der Waals surface area contributed by atoms with Crippen LogP contribution in [-0.2, 0) is 17.8 Å². The molecule has 2 aromatic rings. The van der Waals surface area contributed by atoms with Crippen molar-refractivity contribution in [3.8, 4) is 0 Å². The fourth-order valence-electron chi connectivity index (χ4n) is 3.59. The minimum atomic E-state index is -0.302. The monoisotopic (exact) mass is 387 g/mol. The standard InChI is InChI=1S/C21H26FN3O3/c1-4-19-17(11-23-28-19)21(27)24-10-9-20(26)25(18(13-24)14(2)3)12-15-5-7-16(22)8-6-15/h5-8,11,14,18H,4,9-10,12-13H2,1-3H3. The summed E-state index contributed by atoms with van der Waals surface area (Å²) in [6, 6.07) is 6.05. The van der Waals surface area contributed by atoms with Crippen LogP contribution in [0.3, 0.4) is 0 Å². The maximum absolute atomic E-state index is 13.2. The highest BCUT2D eigenvalue weighted by Gasteiger charge is 2.34. The molecule has 1 aliphatic heterocycles. The summed E-state index contributed by atoms with van der Waals surface area (Å²) in [6.07, 6.45) is 2.29. The second-order valence-electron chi connectivity index (χ2n) is 7.48. The van der Waals surface area contributed by atoms with E-state index < -0.39 is 0 Å². The van der Waals surface area contributed by atoms with Gasteiger partial charge in [-0.05, 0) is 23.6 Å². The quantitative estimate of drug-likeness (QED) is 0.790. The van der Waals surface area contributed by atoms with E-state index in [0.29, 0.717) is 37.4 Å². The topological polar surface area (TPSA) is 66.7 Å². The molecule has 0 N–H and O–H groups in total. The second kappa shape index (κ2) is 8.54. The highest BCUT2D eigenvalue weighted by Crippen LogP contribution is 2.23. The molecule has 0 aliphatic carbocycles. The first kappa shape index (κ1) is 20.0. The zero-order valence-electron chi connectivity index (χ0n) is 16.5. The first-order chi connectivity index (χ1) is 13.4. The molecule has 1 fully saturated rings. The molecule has 28 heavy (non-hydrogen) atoms. The summed E-state index contributed by atoms with van der Waals surface area (Å²) in [4.78, 5) is 29.4. The first-order valence-corrected chi connectivity index (χ1v) is 9.67. The molecule has 0 saturated carbocycles. The highest BCUT2D eigenvalue weighted by atomic mass is 19.1. The van der Waals surface area contributed by atoms with Gasteiger partial charge in [0.25, 0.3) is 5.91 Å². The third-order valence-corrected chi connectivity index (χ3v) is 5.24. The molecule has 0 radical (unpaired) electrons. The van der Waals surface area contributed by atoms with Crippen LogP contribution in [0.2, 0.25) is 0 Å². The van der Waals surface area contributed by atoms with E-state index in [-0.39, 0.29) is 36.0 Å². The van der Waals surface area contributed by atoms with E-state index in [1.807, 2.05) is 25.7 Å². The summed E-state index contributed by atoms with van der Waals surface area (Å²) in [6.45, 7) is 7.19. The van der Waals surface area contributed by atoms with Crippen LogP contribution in [0, 0.1) is 11.7 Å². The van der Waals surface area contributed by atoms with Crippen LogP contribution in [0.1, 0.15) is 48.9 Å². The summed E-state index contributed by atoms with van der Waals surface area (Å²) in [5, 5.41) is 3.75. The Hall–Kier alpha value is -2.70. The van der Waals surface area contributed by atoms with Gasteiger partial charge in [-0.1, -0.05) is 38.1 Å². The molecule has 7 heteroatoms. The lowest BCUT2D eigenvalue weighted by atomic mass is 10.0. The van der Waals surface area contributed by atoms with Crippen molar-refractivity contribution in [3.05, 3.63) is 53.2 Å². The number of hydrogen-bond acceptors (Lipinski definition) is 4. The van der Waals surface area contributed by atoms with E-state index in [1.54, 1.807) is 17.0 Å². The molecule has 0 spiro atoms. The van der Waals surface area contributed by atoms with Crippen molar-refractivity contribution < 1.29 is 18.5 Å². The predicted molar refractivity (Wildman–Crippen MR) is 102 cm³/mol. The SMILES string of the molecule is CCc1oncc1C(=O)N1CCC(=O)N(Cc2ccc(F)cc2)C(C(C)C)C1. The molecule has 2 heterocycles. The summed E-state index contributed by atoms with van der Waals surface area (Å²) < 4.78 is 18.4. The summed E-state index contributed by atoms with van der Waals surface area (Å²) in [5.41, 5.74) is 1.33. The van der Waals surface area contributed by atoms with E-state index in [9.17, 15) is 14.0 Å². The average molecular weight is 387 g/mol. The Bertz CT molecular complexity index is 832. The Balaban J connectivity index is 1.83. The van der Waals surface area contributed by atoms with Gasteiger partial charge in [0.1, 0.15) is 17.1 Å². The molecule has 1 saturated heterocycles. The Morgan fingerprint density at radius 1 is 1.32 bits per heavy atom. The van der Waals surface area contributed by atoms with Crippen LogP contribution < -0.4 is 0 Å². The molecule has 2 amide bonds. The van der Waals surface area contributed by atoms with Gasteiger partial charge in [-0.25, -0.2) is 4.39 Å². The van der Waals surface area contributed by atoms with Gasteiger partial charge in [-0.2, -0.15) is 0 Å². The number of rotatable bonds is 5. The van der Waals surface area contributed by atoms with Crippen molar-refractivity contribution in [3.63, 3.8) is 0 Å². The number of aromatic nitrogens is 1. The van der Waals surface area contributed by atoms with Gasteiger partial charge in [0.2, 0.25) is 5.91 Å². The lowest BCUT2D eigenvalue weighted by Crippen LogP contribution is -2.47. The van der Waals surface area contributed by atoms with Crippen LogP contribution in [0.25, 0.3) is 0 Å². The third-order valence-electron chi connectivity index (χ3n) is 5.24. The largest absolute Gasteiger partial charge is 0.361 e. The first-order valence-electron chi connectivity index (χ1n) is 9.67. The van der Waals surface area contributed by atoms with E-state index in [2.05, 4.69) is 5.16 Å². The normalized spacial score (nSPS) is 17.9. The summed E-state index contributed by atoms with van der Waals surface area (Å²) in [5.74, 6) is 0.263. The zero-order chi connectivity index (χ0) is 20.3. The lowest BCUT2D eigenvalue weighted by Gasteiger charge is -2.34. The number of carbonyl (C=O) groups excluding carboxylic acids is 2. The molecular formula is C21H26FN3O3. The van der Waals surface area contributed by atoms with Gasteiger partial charge in [-0.15, -0.1) is 0 Å². The minimum absolute atomic E-state index is 0.000594. The number of halogens is 1. The molecule has 1 aliphatic rings. The van der Waals surface area contributed by atoms with Crippen LogP contribution >= 0.6 is 0 Å². The van der Waals surface area contributed by atoms with Gasteiger partial charge in [0.15, 0.2) is 0 Å². The van der Waals surface area contributed by atoms with Crippen molar-refractivity contribution in [1.82, 2.24) is 15.0 Å². The van der Waals surface area contributed by atoms with Gasteiger partial charge < -0.3 is 14.3 Å². The molecule has 1 aromatic carbocycles. The number of nitrogens with zero attached hydrogens (tertiary/aromatic N) is 3. The van der Waals surface area contributed by atoms with Crippen molar-refractivity contribution >= 4 is 11.8 Å². The van der Waals surface area contributed by atoms with E-state index >= 15 is 0 Å². The fourth-order valence-corrected chi connectivity index (χ4v) is 3.59. The smallest absolute Gasteiger partial charge is 0.259 e. The molecule has 1 atom stereocenters. The highest BCUT2D eigenvalue weighted by molar-refractivity contribution is 5.95. The molecule has 1 unspecified atom stereocenters. The van der Waals surface area contributed by atoms with Crippen LogP contribution in [0.15, 0.2) is 35.0 Å². The van der Waals surface area contributed by atoms with Crippen LogP contribution in [0.4, 0.5) is 4.39 Å². The molecular weight excluding hydrogens is 361 g/mol. The molecule has 3 rings (SSSR count). The average Bonchev–Trinajstić information content (AvgIpc) is 3.09. The predicted octanol–water partition coefficient (Wildman–Crippen LogP) is 3.28. The fraction of sp³-hybridized carbons (Fsp3) is 0.476. The number of aryl methyl sites for hydroxylation is 1. The number of hydrogen-bond donors (Lipinski definition) is 0. The lowest BCUT2D eigenvalue weighted by molar-refractivity contribution is -0.134. The number of carbonyl (C=O) groups is 2. The second-order valence-corrected chi connectivity index (χ2v) is 7.48. The van der Waals surface area contributed by atoms with Crippen LogP contribution in [0.5, 0.6) is 0 Å². The third kappa shape index (κ3) is 4.24. The maximum atomic E-state index is 13.2. The van der Waals surface area contributed by atoms with Crippen molar-refractivity contribution in [2.45, 2.75) is 46.2 Å². The van der Waals surface area contributed by atoms with Gasteiger partial charge >= 0.3 is 0 Å². The molecule has 150 valence electrons. The molecule has 6 nitrogen and oxygen atoms in total. The van der Waals surface area contributed by atoms with Crippen molar-refractivity contribution in [1.29, 1.82) is 0 Å². The van der Waals surface area contributed by atoms with Crippen LogP contribution in [-0.4, -0.2) is 45.9 Å². The van der Waals surface area contributed by atoms with E-state index in [0.717, 1.165) is 5.56 Å².